The van der Waals surface area contributed by atoms with Crippen molar-refractivity contribution in [3.05, 3.63) is 63.9 Å². The Balaban J connectivity index is 1.71. The van der Waals surface area contributed by atoms with Gasteiger partial charge in [0, 0.05) is 18.1 Å². The predicted molar refractivity (Wildman–Crippen MR) is 85.9 cm³/mol. The van der Waals surface area contributed by atoms with Crippen LogP contribution in [0.4, 0.5) is 0 Å². The van der Waals surface area contributed by atoms with Crippen LogP contribution in [0.25, 0.3) is 5.57 Å². The number of nitrogens with one attached hydrogen (secondary N) is 1. The van der Waals surface area contributed by atoms with Gasteiger partial charge >= 0.3 is 0 Å². The van der Waals surface area contributed by atoms with E-state index in [9.17, 15) is 0 Å². The van der Waals surface area contributed by atoms with Crippen molar-refractivity contribution >= 4 is 28.8 Å². The highest BCUT2D eigenvalue weighted by Crippen LogP contribution is 2.28. The Hall–Kier alpha value is -1.55. The first-order chi connectivity index (χ1) is 10.2. The highest BCUT2D eigenvalue weighted by molar-refractivity contribution is 6.35. The monoisotopic (exact) mass is 320 g/mol. The molecule has 0 atom stereocenters. The highest BCUT2D eigenvalue weighted by atomic mass is 35.5. The number of halogens is 2. The van der Waals surface area contributed by atoms with Crippen molar-refractivity contribution in [2.24, 2.45) is 0 Å². The molecule has 5 heteroatoms. The molecular formula is C16H14Cl2N2O. The molecule has 3 nitrogen and oxygen atoms in total. The quantitative estimate of drug-likeness (QED) is 0.926. The molecule has 0 radical (unpaired) electrons. The zero-order chi connectivity index (χ0) is 14.7. The summed E-state index contributed by atoms with van der Waals surface area (Å²) in [6, 6.07) is 11.1. The van der Waals surface area contributed by atoms with Crippen molar-refractivity contribution in [1.82, 2.24) is 10.3 Å². The smallest absolute Gasteiger partial charge is 0.138 e. The minimum atomic E-state index is 0.371. The molecule has 1 aromatic heterocycles. The lowest BCUT2D eigenvalue weighted by atomic mass is 10.2. The summed E-state index contributed by atoms with van der Waals surface area (Å²) in [5, 5.41) is 4.36. The van der Waals surface area contributed by atoms with Crippen LogP contribution in [0.1, 0.15) is 11.4 Å². The second kappa shape index (κ2) is 6.48. The van der Waals surface area contributed by atoms with E-state index in [0.29, 0.717) is 22.4 Å². The lowest BCUT2D eigenvalue weighted by Crippen LogP contribution is -2.08. The molecule has 0 fully saturated rings. The van der Waals surface area contributed by atoms with Gasteiger partial charge in [-0.1, -0.05) is 35.3 Å². The number of aromatic nitrogens is 1. The molecule has 2 aromatic rings. The van der Waals surface area contributed by atoms with Gasteiger partial charge in [0.25, 0.3) is 0 Å². The molecule has 0 amide bonds. The summed E-state index contributed by atoms with van der Waals surface area (Å²) in [4.78, 5) is 4.61. The van der Waals surface area contributed by atoms with Crippen molar-refractivity contribution < 1.29 is 4.74 Å². The molecule has 1 N–H and O–H groups in total. The van der Waals surface area contributed by atoms with Gasteiger partial charge in [0.1, 0.15) is 12.4 Å². The van der Waals surface area contributed by atoms with Gasteiger partial charge in [-0.15, -0.1) is 0 Å². The van der Waals surface area contributed by atoms with Gasteiger partial charge in [0.15, 0.2) is 0 Å². The van der Waals surface area contributed by atoms with Gasteiger partial charge in [0.05, 0.1) is 16.4 Å². The zero-order valence-corrected chi connectivity index (χ0v) is 12.8. The summed E-state index contributed by atoms with van der Waals surface area (Å²) in [6.45, 7) is 2.13. The van der Waals surface area contributed by atoms with Crippen LogP contribution in [0.2, 0.25) is 10.0 Å². The van der Waals surface area contributed by atoms with E-state index in [1.807, 2.05) is 18.2 Å². The van der Waals surface area contributed by atoms with Gasteiger partial charge in [-0.25, -0.2) is 4.98 Å². The van der Waals surface area contributed by atoms with E-state index in [2.05, 4.69) is 16.4 Å². The van der Waals surface area contributed by atoms with Crippen molar-refractivity contribution in [2.75, 3.05) is 13.1 Å². The lowest BCUT2D eigenvalue weighted by Gasteiger charge is -2.09. The third kappa shape index (κ3) is 3.56. The van der Waals surface area contributed by atoms with E-state index in [4.69, 9.17) is 27.9 Å². The molecule has 21 heavy (non-hydrogen) atoms. The number of nitrogens with zero attached hydrogens (tertiary/aromatic N) is 1. The van der Waals surface area contributed by atoms with E-state index in [1.165, 1.54) is 5.57 Å². The van der Waals surface area contributed by atoms with Crippen LogP contribution in [-0.2, 0) is 6.61 Å². The first-order valence-electron chi connectivity index (χ1n) is 6.66. The average Bonchev–Trinajstić information content (AvgIpc) is 3.01. The Morgan fingerprint density at radius 1 is 1.19 bits per heavy atom. The lowest BCUT2D eigenvalue weighted by molar-refractivity contribution is 0.301. The minimum Gasteiger partial charge on any atom is -0.486 e. The third-order valence-electron chi connectivity index (χ3n) is 3.21. The Bertz CT molecular complexity index is 686. The molecule has 2 heterocycles. The normalized spacial score (nSPS) is 14.1. The van der Waals surface area contributed by atoms with Crippen molar-refractivity contribution in [2.45, 2.75) is 6.61 Å². The Kier molecular flexibility index (Phi) is 4.44. The number of ether oxygens (including phenoxy) is 1. The maximum atomic E-state index is 6.08. The maximum absolute atomic E-state index is 6.08. The van der Waals surface area contributed by atoms with E-state index >= 15 is 0 Å². The van der Waals surface area contributed by atoms with Crippen LogP contribution in [0, 0.1) is 0 Å². The zero-order valence-electron chi connectivity index (χ0n) is 11.3. The summed E-state index contributed by atoms with van der Waals surface area (Å²) in [6.07, 6.45) is 2.16. The summed E-state index contributed by atoms with van der Waals surface area (Å²) < 4.78 is 5.71. The summed E-state index contributed by atoms with van der Waals surface area (Å²) in [7, 11) is 0. The van der Waals surface area contributed by atoms with Crippen LogP contribution < -0.4 is 10.1 Å². The van der Waals surface area contributed by atoms with Crippen LogP contribution in [0.5, 0.6) is 5.75 Å². The fourth-order valence-corrected chi connectivity index (χ4v) is 2.62. The van der Waals surface area contributed by atoms with Crippen molar-refractivity contribution in [1.29, 1.82) is 0 Å². The van der Waals surface area contributed by atoms with E-state index in [0.717, 1.165) is 24.5 Å². The summed E-state index contributed by atoms with van der Waals surface area (Å²) >= 11 is 11.9. The van der Waals surface area contributed by atoms with Gasteiger partial charge < -0.3 is 10.1 Å². The molecule has 108 valence electrons. The number of benzene rings is 1. The molecule has 0 saturated heterocycles. The topological polar surface area (TPSA) is 34.1 Å². The largest absolute Gasteiger partial charge is 0.486 e. The second-order valence-corrected chi connectivity index (χ2v) is 5.58. The number of hydrogen-bond acceptors (Lipinski definition) is 3. The van der Waals surface area contributed by atoms with Crippen LogP contribution in [-0.4, -0.2) is 18.1 Å². The van der Waals surface area contributed by atoms with Crippen LogP contribution in [0.15, 0.2) is 42.5 Å². The molecule has 1 aliphatic rings. The predicted octanol–water partition coefficient (Wildman–Crippen LogP) is 3.95. The first-order valence-corrected chi connectivity index (χ1v) is 7.42. The minimum absolute atomic E-state index is 0.371. The Labute approximate surface area is 133 Å². The summed E-state index contributed by atoms with van der Waals surface area (Å²) in [5.41, 5.74) is 3.08. The average molecular weight is 321 g/mol. The van der Waals surface area contributed by atoms with Crippen LogP contribution in [0.3, 0.4) is 0 Å². The SMILES string of the molecule is Clc1ccc(OCc2cccc(C3=CCNC3)n2)c(Cl)c1. The van der Waals surface area contributed by atoms with Crippen molar-refractivity contribution in [3.8, 4) is 5.75 Å². The fourth-order valence-electron chi connectivity index (χ4n) is 2.15. The van der Waals surface area contributed by atoms with Gasteiger partial charge in [-0.3, -0.25) is 0 Å². The molecule has 1 aromatic carbocycles. The fraction of sp³-hybridized carbons (Fsp3) is 0.188. The maximum Gasteiger partial charge on any atom is 0.138 e. The van der Waals surface area contributed by atoms with Gasteiger partial charge in [-0.05, 0) is 35.9 Å². The molecule has 0 saturated carbocycles. The molecule has 3 rings (SSSR count). The molecular weight excluding hydrogens is 307 g/mol. The Morgan fingerprint density at radius 3 is 2.86 bits per heavy atom. The molecule has 0 bridgehead atoms. The third-order valence-corrected chi connectivity index (χ3v) is 3.74. The molecule has 0 spiro atoms. The Morgan fingerprint density at radius 2 is 2.10 bits per heavy atom. The van der Waals surface area contributed by atoms with Crippen molar-refractivity contribution in [3.63, 3.8) is 0 Å². The molecule has 0 unspecified atom stereocenters. The first kappa shape index (κ1) is 14.4. The number of hydrogen-bond donors (Lipinski definition) is 1. The standard InChI is InChI=1S/C16H14Cl2N2O/c17-12-4-5-16(14(18)8-12)21-10-13-2-1-3-15(20-13)11-6-7-19-9-11/h1-6,8,19H,7,9-10H2. The molecule has 0 aliphatic carbocycles. The van der Waals surface area contributed by atoms with Crippen LogP contribution >= 0.6 is 23.2 Å². The van der Waals surface area contributed by atoms with Gasteiger partial charge in [0.2, 0.25) is 0 Å². The number of pyridine rings is 1. The van der Waals surface area contributed by atoms with E-state index in [1.54, 1.807) is 18.2 Å². The van der Waals surface area contributed by atoms with E-state index < -0.39 is 0 Å². The summed E-state index contributed by atoms with van der Waals surface area (Å²) in [5.74, 6) is 0.606. The number of rotatable bonds is 4. The highest BCUT2D eigenvalue weighted by Gasteiger charge is 2.09. The van der Waals surface area contributed by atoms with Gasteiger partial charge in [-0.2, -0.15) is 0 Å². The second-order valence-electron chi connectivity index (χ2n) is 4.74. The molecule has 1 aliphatic heterocycles. The van der Waals surface area contributed by atoms with E-state index in [-0.39, 0.29) is 0 Å².